The second-order valence-corrected chi connectivity index (χ2v) is 10.4. The molecule has 0 amide bonds. The van der Waals surface area contributed by atoms with Crippen LogP contribution in [0.3, 0.4) is 0 Å². The Morgan fingerprint density at radius 2 is 2.03 bits per heavy atom. The molecular weight excluding hydrogens is 358 g/mol. The molecule has 2 aliphatic heterocycles. The Morgan fingerprint density at radius 1 is 1.21 bits per heavy atom. The van der Waals surface area contributed by atoms with E-state index in [1.54, 1.807) is 0 Å². The minimum Gasteiger partial charge on any atom is -0.462 e. The van der Waals surface area contributed by atoms with E-state index in [9.17, 15) is 4.79 Å². The number of benzene rings is 1. The average Bonchev–Trinajstić information content (AvgIpc) is 2.73. The van der Waals surface area contributed by atoms with E-state index in [2.05, 4.69) is 56.1 Å². The number of anilines is 1. The van der Waals surface area contributed by atoms with Crippen LogP contribution in [0, 0.1) is 22.7 Å². The maximum absolute atomic E-state index is 12.4. The number of carbonyl (C=O) groups is 1. The fraction of sp³-hybridized carbons (Fsp3) is 0.654. The first-order chi connectivity index (χ1) is 14.0. The predicted octanol–water partition coefficient (Wildman–Crippen LogP) is 5.85. The second-order valence-electron chi connectivity index (χ2n) is 10.4. The number of nitrogens with one attached hydrogen (secondary N) is 1. The van der Waals surface area contributed by atoms with Crippen LogP contribution in [0.2, 0.25) is 0 Å². The van der Waals surface area contributed by atoms with Crippen molar-refractivity contribution in [2.24, 2.45) is 22.7 Å². The van der Waals surface area contributed by atoms with Gasteiger partial charge in [-0.15, -0.1) is 6.58 Å². The zero-order valence-corrected chi connectivity index (χ0v) is 18.0. The number of ether oxygens (including phenoxy) is 1. The first kappa shape index (κ1) is 19.2. The molecule has 2 saturated carbocycles. The fourth-order valence-corrected chi connectivity index (χ4v) is 8.22. The van der Waals surface area contributed by atoms with Gasteiger partial charge in [0.2, 0.25) is 0 Å². The number of hydrogen-bond acceptors (Lipinski definition) is 3. The lowest BCUT2D eigenvalue weighted by molar-refractivity contribution is -0.244. The summed E-state index contributed by atoms with van der Waals surface area (Å²) in [5.41, 5.74) is 3.21. The van der Waals surface area contributed by atoms with E-state index >= 15 is 0 Å². The number of carbonyl (C=O) groups excluding carboxylic acids is 1. The summed E-state index contributed by atoms with van der Waals surface area (Å²) in [6.45, 7) is 10.2. The van der Waals surface area contributed by atoms with Crippen LogP contribution in [-0.2, 0) is 14.9 Å². The maximum Gasteiger partial charge on any atom is 0.306 e. The Morgan fingerprint density at radius 3 is 2.86 bits per heavy atom. The van der Waals surface area contributed by atoms with Crippen molar-refractivity contribution in [2.45, 2.75) is 76.7 Å². The zero-order valence-electron chi connectivity index (χ0n) is 18.0. The average molecular weight is 394 g/mol. The third kappa shape index (κ3) is 2.39. The minimum absolute atomic E-state index is 0.0141. The van der Waals surface area contributed by atoms with E-state index in [0.29, 0.717) is 18.3 Å². The molecule has 2 aliphatic carbocycles. The number of hydrogen-bond donors (Lipinski definition) is 1. The van der Waals surface area contributed by atoms with Gasteiger partial charge in [-0.25, -0.2) is 0 Å². The Bertz CT molecular complexity index is 834. The normalized spacial score (nSPS) is 43.4. The molecular formula is C26H35NO2. The molecule has 2 spiro atoms. The van der Waals surface area contributed by atoms with Crippen LogP contribution in [0.1, 0.15) is 70.8 Å². The van der Waals surface area contributed by atoms with E-state index in [-0.39, 0.29) is 28.3 Å². The van der Waals surface area contributed by atoms with Gasteiger partial charge in [-0.05, 0) is 73.8 Å². The van der Waals surface area contributed by atoms with Gasteiger partial charge in [-0.2, -0.15) is 0 Å². The molecule has 1 N–H and O–H groups in total. The van der Waals surface area contributed by atoms with Gasteiger partial charge in [-0.1, -0.05) is 38.1 Å². The molecule has 1 aromatic carbocycles. The molecule has 5 rings (SSSR count). The molecule has 4 aliphatic rings. The number of allylic oxidation sites excluding steroid dienone is 1. The Labute approximate surface area is 175 Å². The predicted molar refractivity (Wildman–Crippen MR) is 117 cm³/mol. The van der Waals surface area contributed by atoms with E-state index < -0.39 is 0 Å². The molecule has 156 valence electrons. The molecule has 1 saturated heterocycles. The molecule has 6 atom stereocenters. The lowest BCUT2D eigenvalue weighted by atomic mass is 9.35. The standard InChI is InChI=1S/C26H35NO2/c1-4-7-21-25(16-17-27-20-9-6-5-8-19(20)25)15-14-24(3)18(2)10-11-22-26(21,24)13-12-23(28)29-22/h4-6,8-9,18,21-22,27H,1,7,10-17H2,2-3H3/t18-,21-,22?,24+,25?,26-/m1/s1. The van der Waals surface area contributed by atoms with Gasteiger partial charge < -0.3 is 10.1 Å². The van der Waals surface area contributed by atoms with Crippen molar-refractivity contribution in [1.82, 2.24) is 0 Å². The van der Waals surface area contributed by atoms with E-state index in [4.69, 9.17) is 4.74 Å². The smallest absolute Gasteiger partial charge is 0.306 e. The molecule has 0 radical (unpaired) electrons. The number of fused-ring (bicyclic) bond motifs is 2. The van der Waals surface area contributed by atoms with Gasteiger partial charge >= 0.3 is 5.97 Å². The summed E-state index contributed by atoms with van der Waals surface area (Å²) >= 11 is 0. The lowest BCUT2D eigenvalue weighted by Gasteiger charge is -2.70. The van der Waals surface area contributed by atoms with Gasteiger partial charge in [0, 0.05) is 29.5 Å². The highest BCUT2D eigenvalue weighted by molar-refractivity contribution is 5.71. The van der Waals surface area contributed by atoms with Crippen molar-refractivity contribution in [3.63, 3.8) is 0 Å². The first-order valence-electron chi connectivity index (χ1n) is 11.6. The van der Waals surface area contributed by atoms with Gasteiger partial charge in [0.25, 0.3) is 0 Å². The van der Waals surface area contributed by atoms with Crippen molar-refractivity contribution in [1.29, 1.82) is 0 Å². The van der Waals surface area contributed by atoms with Crippen LogP contribution in [0.4, 0.5) is 5.69 Å². The topological polar surface area (TPSA) is 38.3 Å². The molecule has 3 fully saturated rings. The SMILES string of the molecule is C=CC[C@@H]1C2(CCNc3ccccc32)CC[C@@]2(C)[C@H](C)CCC3OC(=O)CC[C@]312. The summed E-state index contributed by atoms with van der Waals surface area (Å²) in [5.74, 6) is 1.15. The molecule has 29 heavy (non-hydrogen) atoms. The number of para-hydroxylation sites is 1. The fourth-order valence-electron chi connectivity index (χ4n) is 8.22. The molecule has 1 aromatic rings. The highest BCUT2D eigenvalue weighted by Gasteiger charge is 2.69. The van der Waals surface area contributed by atoms with Gasteiger partial charge in [0.05, 0.1) is 0 Å². The van der Waals surface area contributed by atoms with E-state index in [0.717, 1.165) is 32.2 Å². The quantitative estimate of drug-likeness (QED) is 0.506. The first-order valence-corrected chi connectivity index (χ1v) is 11.6. The van der Waals surface area contributed by atoms with Crippen molar-refractivity contribution in [3.05, 3.63) is 42.5 Å². The third-order valence-corrected chi connectivity index (χ3v) is 9.74. The Hall–Kier alpha value is -1.77. The molecule has 2 heterocycles. The molecule has 3 heteroatoms. The number of rotatable bonds is 2. The monoisotopic (exact) mass is 393 g/mol. The Kier molecular flexibility index (Phi) is 4.38. The van der Waals surface area contributed by atoms with Gasteiger partial charge in [0.15, 0.2) is 0 Å². The molecule has 3 nitrogen and oxygen atoms in total. The van der Waals surface area contributed by atoms with Crippen molar-refractivity contribution >= 4 is 11.7 Å². The number of esters is 1. The van der Waals surface area contributed by atoms with E-state index in [1.165, 1.54) is 30.5 Å². The molecule has 0 bridgehead atoms. The van der Waals surface area contributed by atoms with Crippen LogP contribution < -0.4 is 5.32 Å². The summed E-state index contributed by atoms with van der Waals surface area (Å²) in [5, 5.41) is 3.65. The lowest BCUT2D eigenvalue weighted by Crippen LogP contribution is -2.68. The van der Waals surface area contributed by atoms with Crippen LogP contribution in [0.25, 0.3) is 0 Å². The summed E-state index contributed by atoms with van der Waals surface area (Å²) in [7, 11) is 0. The third-order valence-electron chi connectivity index (χ3n) is 9.74. The van der Waals surface area contributed by atoms with Crippen molar-refractivity contribution < 1.29 is 9.53 Å². The molecule has 2 unspecified atom stereocenters. The minimum atomic E-state index is 0.0141. The van der Waals surface area contributed by atoms with E-state index in [1.807, 2.05) is 0 Å². The maximum atomic E-state index is 12.4. The van der Waals surface area contributed by atoms with Crippen molar-refractivity contribution in [3.8, 4) is 0 Å². The summed E-state index contributed by atoms with van der Waals surface area (Å²) in [6.07, 6.45) is 10.6. The summed E-state index contributed by atoms with van der Waals surface area (Å²) in [6, 6.07) is 8.94. The van der Waals surface area contributed by atoms with Gasteiger partial charge in [0.1, 0.15) is 6.10 Å². The van der Waals surface area contributed by atoms with Crippen LogP contribution >= 0.6 is 0 Å². The molecule has 0 aromatic heterocycles. The van der Waals surface area contributed by atoms with Crippen molar-refractivity contribution in [2.75, 3.05) is 11.9 Å². The second kappa shape index (κ2) is 6.62. The zero-order chi connectivity index (χ0) is 20.3. The highest BCUT2D eigenvalue weighted by Crippen LogP contribution is 2.72. The van der Waals surface area contributed by atoms with Crippen LogP contribution in [0.15, 0.2) is 36.9 Å². The van der Waals surface area contributed by atoms with Gasteiger partial charge in [-0.3, -0.25) is 4.79 Å². The summed E-state index contributed by atoms with van der Waals surface area (Å²) in [4.78, 5) is 12.4. The summed E-state index contributed by atoms with van der Waals surface area (Å²) < 4.78 is 6.17. The highest BCUT2D eigenvalue weighted by atomic mass is 16.5. The largest absolute Gasteiger partial charge is 0.462 e. The van der Waals surface area contributed by atoms with Crippen LogP contribution in [0.5, 0.6) is 0 Å². The Balaban J connectivity index is 1.72. The van der Waals surface area contributed by atoms with Crippen LogP contribution in [-0.4, -0.2) is 18.6 Å².